The Morgan fingerprint density at radius 2 is 1.92 bits per heavy atom. The molecule has 1 aliphatic rings. The molecule has 2 aromatic heterocycles. The summed E-state index contributed by atoms with van der Waals surface area (Å²) in [6.45, 7) is 1.24. The molecule has 0 aliphatic carbocycles. The van der Waals surface area contributed by atoms with Crippen LogP contribution in [0.2, 0.25) is 0 Å². The predicted octanol–water partition coefficient (Wildman–Crippen LogP) is 2.69. The molecule has 3 heterocycles. The average molecular weight is 331 g/mol. The largest absolute Gasteiger partial charge is 0.363 e. The zero-order valence-electron chi connectivity index (χ0n) is 13.6. The van der Waals surface area contributed by atoms with E-state index in [1.165, 1.54) is 11.8 Å². The summed E-state index contributed by atoms with van der Waals surface area (Å²) >= 11 is 0. The van der Waals surface area contributed by atoms with Crippen molar-refractivity contribution in [3.8, 4) is 0 Å². The minimum absolute atomic E-state index is 0.117. The van der Waals surface area contributed by atoms with Gasteiger partial charge < -0.3 is 10.2 Å². The third kappa shape index (κ3) is 3.19. The first-order valence-corrected chi connectivity index (χ1v) is 8.17. The molecule has 1 amide bonds. The van der Waals surface area contributed by atoms with Crippen LogP contribution in [-0.2, 0) is 13.0 Å². The molecule has 25 heavy (non-hydrogen) atoms. The second kappa shape index (κ2) is 6.68. The van der Waals surface area contributed by atoms with Crippen LogP contribution in [0.3, 0.4) is 0 Å². The van der Waals surface area contributed by atoms with E-state index >= 15 is 0 Å². The van der Waals surface area contributed by atoms with Gasteiger partial charge in [-0.2, -0.15) is 0 Å². The Morgan fingerprint density at radius 1 is 1.04 bits per heavy atom. The Hall–Kier alpha value is -3.28. The Kier molecular flexibility index (Phi) is 4.08. The maximum absolute atomic E-state index is 12.7. The number of amides is 1. The molecule has 1 aliphatic heterocycles. The van der Waals surface area contributed by atoms with E-state index in [1.807, 2.05) is 36.4 Å². The molecule has 0 spiro atoms. The highest BCUT2D eigenvalue weighted by Crippen LogP contribution is 2.28. The number of nitrogens with one attached hydrogen (secondary N) is 1. The van der Waals surface area contributed by atoms with E-state index in [1.54, 1.807) is 17.3 Å². The minimum atomic E-state index is -0.117. The van der Waals surface area contributed by atoms with Gasteiger partial charge in [0.15, 0.2) is 0 Å². The molecular formula is C19H17N5O. The monoisotopic (exact) mass is 331 g/mol. The number of aromatic nitrogens is 3. The van der Waals surface area contributed by atoms with Crippen LogP contribution < -0.4 is 10.2 Å². The van der Waals surface area contributed by atoms with Crippen LogP contribution >= 0.6 is 0 Å². The lowest BCUT2D eigenvalue weighted by atomic mass is 10.2. The standard InChI is InChI=1S/C19H17N5O/c25-19(24-10-8-14-5-1-2-7-17(14)24)16-12-23-18(13-21-16)22-11-15-6-3-4-9-20-15/h1-7,9,12-13H,8,10-11H2,(H,22,23). The SMILES string of the molecule is O=C(c1cnc(NCc2ccccn2)cn1)N1CCc2ccccc21. The number of carbonyl (C=O) groups is 1. The molecule has 4 rings (SSSR count). The average Bonchev–Trinajstić information content (AvgIpc) is 3.11. The van der Waals surface area contributed by atoms with Crippen LogP contribution in [0.1, 0.15) is 21.7 Å². The van der Waals surface area contributed by atoms with E-state index in [9.17, 15) is 4.79 Å². The van der Waals surface area contributed by atoms with E-state index in [2.05, 4.69) is 26.3 Å². The Labute approximate surface area is 145 Å². The topological polar surface area (TPSA) is 71.0 Å². The van der Waals surface area contributed by atoms with Crippen molar-refractivity contribution in [2.75, 3.05) is 16.8 Å². The zero-order chi connectivity index (χ0) is 17.1. The van der Waals surface area contributed by atoms with Gasteiger partial charge in [-0.05, 0) is 30.2 Å². The second-order valence-corrected chi connectivity index (χ2v) is 5.80. The summed E-state index contributed by atoms with van der Waals surface area (Å²) in [4.78, 5) is 27.3. The van der Waals surface area contributed by atoms with Crippen LogP contribution in [0.25, 0.3) is 0 Å². The smallest absolute Gasteiger partial charge is 0.278 e. The van der Waals surface area contributed by atoms with Gasteiger partial charge in [0.1, 0.15) is 11.5 Å². The first kappa shape index (κ1) is 15.3. The second-order valence-electron chi connectivity index (χ2n) is 5.80. The number of fused-ring (bicyclic) bond motifs is 1. The molecule has 0 radical (unpaired) electrons. The molecule has 0 fully saturated rings. The summed E-state index contributed by atoms with van der Waals surface area (Å²) in [5, 5.41) is 3.15. The van der Waals surface area contributed by atoms with E-state index in [0.717, 1.165) is 17.8 Å². The molecule has 0 unspecified atom stereocenters. The Bertz CT molecular complexity index is 880. The molecular weight excluding hydrogens is 314 g/mol. The lowest BCUT2D eigenvalue weighted by molar-refractivity contribution is 0.0984. The van der Waals surface area contributed by atoms with E-state index in [-0.39, 0.29) is 5.91 Å². The van der Waals surface area contributed by atoms with Crippen molar-refractivity contribution >= 4 is 17.4 Å². The normalized spacial score (nSPS) is 12.7. The summed E-state index contributed by atoms with van der Waals surface area (Å²) in [5.41, 5.74) is 3.42. The minimum Gasteiger partial charge on any atom is -0.363 e. The first-order valence-electron chi connectivity index (χ1n) is 8.17. The first-order chi connectivity index (χ1) is 12.3. The number of carbonyl (C=O) groups excluding carboxylic acids is 1. The fourth-order valence-corrected chi connectivity index (χ4v) is 2.90. The molecule has 6 nitrogen and oxygen atoms in total. The van der Waals surface area contributed by atoms with Gasteiger partial charge in [-0.3, -0.25) is 9.78 Å². The highest BCUT2D eigenvalue weighted by molar-refractivity contribution is 6.05. The zero-order valence-corrected chi connectivity index (χ0v) is 13.6. The number of para-hydroxylation sites is 1. The molecule has 124 valence electrons. The van der Waals surface area contributed by atoms with Crippen molar-refractivity contribution < 1.29 is 4.79 Å². The predicted molar refractivity (Wildman–Crippen MR) is 95.4 cm³/mol. The Balaban J connectivity index is 1.44. The van der Waals surface area contributed by atoms with E-state index in [0.29, 0.717) is 24.6 Å². The molecule has 1 N–H and O–H groups in total. The fraction of sp³-hybridized carbons (Fsp3) is 0.158. The highest BCUT2D eigenvalue weighted by atomic mass is 16.2. The summed E-state index contributed by atoms with van der Waals surface area (Å²) < 4.78 is 0. The van der Waals surface area contributed by atoms with Gasteiger partial charge in [-0.1, -0.05) is 24.3 Å². The molecule has 3 aromatic rings. The van der Waals surface area contributed by atoms with Crippen molar-refractivity contribution in [3.63, 3.8) is 0 Å². The van der Waals surface area contributed by atoms with Gasteiger partial charge in [-0.15, -0.1) is 0 Å². The van der Waals surface area contributed by atoms with Crippen molar-refractivity contribution in [2.24, 2.45) is 0 Å². The van der Waals surface area contributed by atoms with Crippen molar-refractivity contribution in [2.45, 2.75) is 13.0 Å². The maximum Gasteiger partial charge on any atom is 0.278 e. The van der Waals surface area contributed by atoms with Gasteiger partial charge >= 0.3 is 0 Å². The molecule has 0 bridgehead atoms. The van der Waals surface area contributed by atoms with E-state index < -0.39 is 0 Å². The highest BCUT2D eigenvalue weighted by Gasteiger charge is 2.26. The number of benzene rings is 1. The van der Waals surface area contributed by atoms with Crippen LogP contribution in [-0.4, -0.2) is 27.4 Å². The molecule has 1 aromatic carbocycles. The van der Waals surface area contributed by atoms with Gasteiger partial charge in [0.05, 0.1) is 24.6 Å². The number of anilines is 2. The lowest BCUT2D eigenvalue weighted by Gasteiger charge is -2.16. The third-order valence-corrected chi connectivity index (χ3v) is 4.18. The number of nitrogens with zero attached hydrogens (tertiary/aromatic N) is 4. The van der Waals surface area contributed by atoms with Crippen molar-refractivity contribution in [1.82, 2.24) is 15.0 Å². The lowest BCUT2D eigenvalue weighted by Crippen LogP contribution is -2.29. The third-order valence-electron chi connectivity index (χ3n) is 4.18. The summed E-state index contributed by atoms with van der Waals surface area (Å²) in [6.07, 6.45) is 5.72. The molecule has 0 saturated carbocycles. The number of hydrogen-bond donors (Lipinski definition) is 1. The maximum atomic E-state index is 12.7. The van der Waals surface area contributed by atoms with Crippen LogP contribution in [0.4, 0.5) is 11.5 Å². The Morgan fingerprint density at radius 3 is 2.72 bits per heavy atom. The van der Waals surface area contributed by atoms with Crippen LogP contribution in [0, 0.1) is 0 Å². The summed E-state index contributed by atoms with van der Waals surface area (Å²) in [7, 11) is 0. The summed E-state index contributed by atoms with van der Waals surface area (Å²) in [6, 6.07) is 13.7. The molecule has 0 saturated heterocycles. The van der Waals surface area contributed by atoms with Gasteiger partial charge in [0.25, 0.3) is 5.91 Å². The van der Waals surface area contributed by atoms with Crippen molar-refractivity contribution in [3.05, 3.63) is 78.0 Å². The number of pyridine rings is 1. The summed E-state index contributed by atoms with van der Waals surface area (Å²) in [5.74, 6) is 0.498. The van der Waals surface area contributed by atoms with Crippen LogP contribution in [0.5, 0.6) is 0 Å². The van der Waals surface area contributed by atoms with Gasteiger partial charge in [0, 0.05) is 18.4 Å². The van der Waals surface area contributed by atoms with Crippen LogP contribution in [0.15, 0.2) is 61.1 Å². The van der Waals surface area contributed by atoms with E-state index in [4.69, 9.17) is 0 Å². The quantitative estimate of drug-likeness (QED) is 0.796. The fourth-order valence-electron chi connectivity index (χ4n) is 2.90. The van der Waals surface area contributed by atoms with Gasteiger partial charge in [-0.25, -0.2) is 9.97 Å². The van der Waals surface area contributed by atoms with Crippen molar-refractivity contribution in [1.29, 1.82) is 0 Å². The molecule has 6 heteroatoms. The number of hydrogen-bond acceptors (Lipinski definition) is 5. The van der Waals surface area contributed by atoms with Gasteiger partial charge in [0.2, 0.25) is 0 Å². The number of rotatable bonds is 4. The molecule has 0 atom stereocenters.